The lowest BCUT2D eigenvalue weighted by Gasteiger charge is -2.21. The second-order valence-corrected chi connectivity index (χ2v) is 38.9. The lowest BCUT2D eigenvalue weighted by atomic mass is 9.89. The Bertz CT molecular complexity index is 2910. The van der Waals surface area contributed by atoms with Crippen LogP contribution in [0.5, 0.6) is 0 Å². The molecule has 0 saturated heterocycles. The van der Waals surface area contributed by atoms with Gasteiger partial charge in [-0.05, 0) is 163 Å². The molecule has 0 aliphatic rings. The molecule has 0 aliphatic carbocycles. The summed E-state index contributed by atoms with van der Waals surface area (Å²) >= 11 is 0. The Morgan fingerprint density at radius 1 is 0.224 bits per heavy atom. The second kappa shape index (κ2) is 108. The summed E-state index contributed by atoms with van der Waals surface area (Å²) in [5, 5.41) is 0. The third-order valence-corrected chi connectivity index (χ3v) is 22.1. The van der Waals surface area contributed by atoms with Crippen molar-refractivity contribution in [2.45, 2.75) is 450 Å². The van der Waals surface area contributed by atoms with Crippen molar-refractivity contribution >= 4 is 53.7 Å². The number of rotatable bonds is 72. The van der Waals surface area contributed by atoms with Crippen LogP contribution in [0.25, 0.3) is 0 Å². The number of ether oxygens (including phenoxy) is 9. The first-order valence-electron chi connectivity index (χ1n) is 52.6. The number of unbranched alkanes of at least 4 members (excludes halogenated alkanes) is 23. The van der Waals surface area contributed by atoms with Crippen LogP contribution >= 0.6 is 0 Å². The molecule has 0 aromatic carbocycles. The lowest BCUT2D eigenvalue weighted by Crippen LogP contribution is -2.19. The molecular formula is C116H214O18. The molecule has 0 fully saturated rings. The average molecular weight is 1900 g/mol. The topological polar surface area (TPSA) is 237 Å². The van der Waals surface area contributed by atoms with E-state index in [1.54, 1.807) is 34.6 Å². The van der Waals surface area contributed by atoms with Gasteiger partial charge in [0.25, 0.3) is 0 Å². The van der Waals surface area contributed by atoms with Gasteiger partial charge in [-0.3, -0.25) is 0 Å². The molecule has 0 aromatic heterocycles. The molecule has 786 valence electrons. The van der Waals surface area contributed by atoms with Gasteiger partial charge in [0.15, 0.2) is 0 Å². The molecule has 0 bridgehead atoms. The van der Waals surface area contributed by atoms with Crippen LogP contribution in [-0.4, -0.2) is 113 Å². The predicted molar refractivity (Wildman–Crippen MR) is 568 cm³/mol. The Morgan fingerprint density at radius 3 is 0.724 bits per heavy atom. The summed E-state index contributed by atoms with van der Waals surface area (Å²) < 4.78 is 45.3. The predicted octanol–water partition coefficient (Wildman–Crippen LogP) is 32.6. The van der Waals surface area contributed by atoms with Crippen LogP contribution in [0.2, 0.25) is 0 Å². The molecule has 134 heavy (non-hydrogen) atoms. The molecule has 18 heteroatoms. The van der Waals surface area contributed by atoms with Crippen LogP contribution in [0.4, 0.5) is 0 Å². The summed E-state index contributed by atoms with van der Waals surface area (Å²) in [5.41, 5.74) is 2.41. The molecule has 0 saturated carbocycles. The number of hydrogen-bond acceptors (Lipinski definition) is 18. The van der Waals surface area contributed by atoms with Gasteiger partial charge in [0, 0.05) is 52.2 Å². The van der Waals surface area contributed by atoms with E-state index in [-0.39, 0.29) is 53.7 Å². The van der Waals surface area contributed by atoms with Gasteiger partial charge < -0.3 is 42.6 Å². The van der Waals surface area contributed by atoms with Crippen LogP contribution in [0.1, 0.15) is 450 Å². The summed E-state index contributed by atoms with van der Waals surface area (Å²) in [6.07, 6.45) is 56.1. The number of hydrogen-bond donors (Lipinski definition) is 0. The minimum absolute atomic E-state index is 0.258. The van der Waals surface area contributed by atoms with Crippen LogP contribution in [0, 0.1) is 71.0 Å². The van der Waals surface area contributed by atoms with E-state index in [9.17, 15) is 43.2 Å². The molecule has 0 aliphatic heterocycles. The van der Waals surface area contributed by atoms with E-state index in [1.807, 2.05) is 0 Å². The van der Waals surface area contributed by atoms with Gasteiger partial charge in [-0.1, -0.05) is 416 Å². The Morgan fingerprint density at radius 2 is 0.440 bits per heavy atom. The number of carbonyl (C=O) groups excluding carboxylic acids is 9. The van der Waals surface area contributed by atoms with E-state index in [0.717, 1.165) is 95.3 Å². The summed E-state index contributed by atoms with van der Waals surface area (Å²) in [5.74, 6) is 4.47. The largest absolute Gasteiger partial charge is 0.463 e. The molecule has 0 aromatic rings. The van der Waals surface area contributed by atoms with Crippen LogP contribution < -0.4 is 0 Å². The molecule has 6 unspecified atom stereocenters. The number of esters is 9. The Labute approximate surface area is 826 Å². The van der Waals surface area contributed by atoms with Gasteiger partial charge >= 0.3 is 53.7 Å². The molecule has 0 heterocycles. The fraction of sp³-hybridized carbons (Fsp3) is 0.767. The highest BCUT2D eigenvalue weighted by molar-refractivity contribution is 5.89. The Kier molecular flexibility index (Phi) is 117. The van der Waals surface area contributed by atoms with Gasteiger partial charge in [0.1, 0.15) is 0 Å². The highest BCUT2D eigenvalue weighted by atomic mass is 16.6. The summed E-state index contributed by atoms with van der Waals surface area (Å²) in [7, 11) is 0. The maximum atomic E-state index is 11.3. The van der Waals surface area contributed by atoms with E-state index < -0.39 is 0 Å². The quantitative estimate of drug-likeness (QED) is 0.0238. The monoisotopic (exact) mass is 1900 g/mol. The van der Waals surface area contributed by atoms with Crippen molar-refractivity contribution in [3.63, 3.8) is 0 Å². The number of carbonyl (C=O) groups is 9. The van der Waals surface area contributed by atoms with Crippen molar-refractivity contribution in [2.75, 3.05) is 59.5 Å². The third kappa shape index (κ3) is 121. The fourth-order valence-electron chi connectivity index (χ4n) is 12.3. The summed E-state index contributed by atoms with van der Waals surface area (Å²) in [6, 6.07) is 0. The van der Waals surface area contributed by atoms with E-state index in [1.165, 1.54) is 211 Å². The first kappa shape index (κ1) is 145. The Balaban J connectivity index is -0.000000188. The van der Waals surface area contributed by atoms with Gasteiger partial charge in [-0.15, -0.1) is 0 Å². The second-order valence-electron chi connectivity index (χ2n) is 38.9. The van der Waals surface area contributed by atoms with E-state index >= 15 is 0 Å². The zero-order valence-corrected chi connectivity index (χ0v) is 92.0. The first-order chi connectivity index (χ1) is 63.3. The SMILES string of the molecule is C=C(C)C(=O)OCC(C)CCCCC.C=C(C)C(=O)OCC(CC)CCCC.C=C(C)C(=O)OCC(CCC(C)C)C(C)C.C=C(C)C(=O)OCCCCCCCC(C)C.C=C(C)C(=O)OCCCCCCCCCCCC.C=CC(=O)OCC(C)CCCCC.C=CC(=O)OCC(CC)CCCC.C=CC(=O)OCC(CCC(C)C)C(C)C.C=CC(=O)OCCCCCCCC(C)C. The van der Waals surface area contributed by atoms with Crippen molar-refractivity contribution in [2.24, 2.45) is 71.0 Å². The van der Waals surface area contributed by atoms with Crippen molar-refractivity contribution in [1.82, 2.24) is 0 Å². The normalized spacial score (nSPS) is 11.7. The lowest BCUT2D eigenvalue weighted by molar-refractivity contribution is -0.141. The minimum Gasteiger partial charge on any atom is -0.463 e. The van der Waals surface area contributed by atoms with Crippen molar-refractivity contribution in [3.05, 3.63) is 111 Å². The van der Waals surface area contributed by atoms with Gasteiger partial charge in [-0.25, -0.2) is 43.2 Å². The zero-order valence-electron chi connectivity index (χ0n) is 92.0. The fourth-order valence-corrected chi connectivity index (χ4v) is 12.3. The molecule has 0 N–H and O–H groups in total. The smallest absolute Gasteiger partial charge is 0.333 e. The Hall–Kier alpha value is -7.11. The van der Waals surface area contributed by atoms with Gasteiger partial charge in [-0.2, -0.15) is 0 Å². The minimum atomic E-state index is -0.317. The molecular weight excluding hydrogens is 1680 g/mol. The van der Waals surface area contributed by atoms with E-state index in [2.05, 4.69) is 205 Å². The van der Waals surface area contributed by atoms with Crippen molar-refractivity contribution < 1.29 is 85.8 Å². The van der Waals surface area contributed by atoms with Gasteiger partial charge in [0.05, 0.1) is 59.5 Å². The van der Waals surface area contributed by atoms with Crippen LogP contribution in [0.15, 0.2) is 111 Å². The van der Waals surface area contributed by atoms with Crippen LogP contribution in [0.3, 0.4) is 0 Å². The summed E-state index contributed by atoms with van der Waals surface area (Å²) in [4.78, 5) is 98.7. The first-order valence-corrected chi connectivity index (χ1v) is 52.6. The highest BCUT2D eigenvalue weighted by Crippen LogP contribution is 2.24. The molecule has 6 atom stereocenters. The standard InChI is InChI=1S/C16H30O2.2C14H26O2.2C13H24O2.2C12H22O2.2C11H20O2/c1-4-5-6-7-8-9-10-11-12-13-14-18-16(17)15(2)3;1-10(2)7-8-13(11(3)4)9-16-14(15)12(5)6;1-12(2)10-8-6-5-7-9-11-16-14(15)13(3)4;1-6-13(14)15-9-12(11(4)5)8-7-10(2)3;1-4-13(14)15-11-9-7-5-6-8-10-12(2)3;1-5-6-7-8-11(4)9-14-12(13)10(2)3;1-5-7-8-11(6-2)9-14-12(13)10(3)4;1-4-6-7-8-10(3)9-13-11(12)5-2;1-4-7-8-10(5-2)9-13-11(12)6-3/h2,4-14H2,1,3H3;10-11,13H,5,7-9H2,1-4,6H3;12H,3,5-11H2,1-2,4H3;6,10-12H,1,7-9H2,2-5H3;4,12H,1,5-11H2,2-3H3;11H,2,5-9H2,1,3-4H3;11H,3,5-9H2,1-2,4H3;5,10H,2,4,6-9H2,1,3H3;6,10H,3-5,7-9H2,1-2H3. The molecule has 18 nitrogen and oxygen atoms in total. The average Bonchev–Trinajstić information content (AvgIpc) is 0.943. The maximum Gasteiger partial charge on any atom is 0.333 e. The maximum absolute atomic E-state index is 11.3. The van der Waals surface area contributed by atoms with Crippen molar-refractivity contribution in [1.29, 1.82) is 0 Å². The molecule has 0 rings (SSSR count). The van der Waals surface area contributed by atoms with Crippen molar-refractivity contribution in [3.8, 4) is 0 Å². The zero-order chi connectivity index (χ0) is 104. The molecule has 0 spiro atoms. The molecule has 0 amide bonds. The molecule has 0 radical (unpaired) electrons. The third-order valence-electron chi connectivity index (χ3n) is 22.1. The summed E-state index contributed by atoms with van der Waals surface area (Å²) in [6.45, 7) is 90.4. The van der Waals surface area contributed by atoms with Gasteiger partial charge in [0.2, 0.25) is 0 Å². The highest BCUT2D eigenvalue weighted by Gasteiger charge is 2.19. The van der Waals surface area contributed by atoms with E-state index in [0.29, 0.717) is 147 Å². The van der Waals surface area contributed by atoms with E-state index in [4.69, 9.17) is 42.6 Å². The van der Waals surface area contributed by atoms with Crippen LogP contribution in [-0.2, 0) is 85.8 Å².